The number of hydrogen-bond acceptors (Lipinski definition) is 7. The lowest BCUT2D eigenvalue weighted by Crippen LogP contribution is -2.23. The second-order valence-corrected chi connectivity index (χ2v) is 9.80. The number of carbonyl (C=O) groups is 1. The molecule has 3 aromatic carbocycles. The van der Waals surface area contributed by atoms with Gasteiger partial charge in [0.05, 0.1) is 22.0 Å². The van der Waals surface area contributed by atoms with Gasteiger partial charge in [-0.25, -0.2) is 4.98 Å². The van der Waals surface area contributed by atoms with E-state index in [1.54, 1.807) is 42.5 Å². The highest BCUT2D eigenvalue weighted by Gasteiger charge is 2.20. The number of anilines is 1. The number of nitro benzene ring substituents is 1. The predicted octanol–water partition coefficient (Wildman–Crippen LogP) is 5.96. The molecule has 39 heavy (non-hydrogen) atoms. The van der Waals surface area contributed by atoms with Crippen LogP contribution in [0.15, 0.2) is 75.0 Å². The standard InChI is InChI=1S/C27H23BrClN5O5/c1-2-3-7-24-32-22-13-8-18(28)14-21(22)27(36)33(24)30-15-17-5-4-6-23(34(37)38)26(17)39-16-25(35)31-20-11-9-19(29)10-12-20/h4-6,8-15H,2-3,7,16H2,1H3,(H,31,35). The van der Waals surface area contributed by atoms with Crippen LogP contribution in [0, 0.1) is 10.1 Å². The average Bonchev–Trinajstić information content (AvgIpc) is 2.92. The van der Waals surface area contributed by atoms with Gasteiger partial charge in [0.25, 0.3) is 11.5 Å². The number of aromatic nitrogens is 2. The Balaban J connectivity index is 1.67. The van der Waals surface area contributed by atoms with Gasteiger partial charge in [-0.1, -0.05) is 46.9 Å². The van der Waals surface area contributed by atoms with Crippen LogP contribution in [0.5, 0.6) is 5.75 Å². The lowest BCUT2D eigenvalue weighted by atomic mass is 10.2. The van der Waals surface area contributed by atoms with E-state index in [1.165, 1.54) is 23.0 Å². The quantitative estimate of drug-likeness (QED) is 0.134. The second kappa shape index (κ2) is 12.6. The number of benzene rings is 3. The van der Waals surface area contributed by atoms with Gasteiger partial charge in [-0.3, -0.25) is 19.7 Å². The van der Waals surface area contributed by atoms with Gasteiger partial charge in [-0.15, -0.1) is 0 Å². The van der Waals surface area contributed by atoms with Crippen LogP contribution < -0.4 is 15.6 Å². The minimum Gasteiger partial charge on any atom is -0.476 e. The number of hydrogen-bond donors (Lipinski definition) is 1. The minimum atomic E-state index is -0.613. The molecule has 0 fully saturated rings. The number of carbonyl (C=O) groups excluding carboxylic acids is 1. The molecule has 0 aliphatic rings. The molecule has 0 bridgehead atoms. The molecule has 1 heterocycles. The zero-order valence-electron chi connectivity index (χ0n) is 20.8. The van der Waals surface area contributed by atoms with Gasteiger partial charge < -0.3 is 10.1 Å². The summed E-state index contributed by atoms with van der Waals surface area (Å²) in [5, 5.41) is 19.6. The maximum Gasteiger partial charge on any atom is 0.311 e. The molecule has 0 saturated carbocycles. The number of aryl methyl sites for hydroxylation is 1. The highest BCUT2D eigenvalue weighted by molar-refractivity contribution is 9.10. The monoisotopic (exact) mass is 611 g/mol. The fourth-order valence-corrected chi connectivity index (χ4v) is 4.23. The van der Waals surface area contributed by atoms with Gasteiger partial charge in [0, 0.05) is 33.2 Å². The summed E-state index contributed by atoms with van der Waals surface area (Å²) < 4.78 is 7.52. The summed E-state index contributed by atoms with van der Waals surface area (Å²) in [5.74, 6) is -0.221. The van der Waals surface area contributed by atoms with Crippen LogP contribution in [0.2, 0.25) is 5.02 Å². The summed E-state index contributed by atoms with van der Waals surface area (Å²) in [5.41, 5.74) is 0.529. The summed E-state index contributed by atoms with van der Waals surface area (Å²) in [6.45, 7) is 1.53. The fraction of sp³-hybridized carbons (Fsp3) is 0.185. The number of para-hydroxylation sites is 1. The molecule has 200 valence electrons. The fourth-order valence-electron chi connectivity index (χ4n) is 3.74. The third kappa shape index (κ3) is 6.87. The van der Waals surface area contributed by atoms with Gasteiger partial charge in [0.2, 0.25) is 5.75 Å². The first kappa shape index (κ1) is 27.9. The summed E-state index contributed by atoms with van der Waals surface area (Å²) >= 11 is 9.24. The Bertz CT molecular complexity index is 1620. The third-order valence-electron chi connectivity index (χ3n) is 5.64. The van der Waals surface area contributed by atoms with Crippen LogP contribution in [0.4, 0.5) is 11.4 Å². The van der Waals surface area contributed by atoms with E-state index in [1.807, 2.05) is 13.0 Å². The summed E-state index contributed by atoms with van der Waals surface area (Å²) in [6.07, 6.45) is 3.48. The van der Waals surface area contributed by atoms with Crippen molar-refractivity contribution in [1.29, 1.82) is 0 Å². The van der Waals surface area contributed by atoms with Gasteiger partial charge in [-0.05, 0) is 55.0 Å². The molecule has 4 rings (SSSR count). The Hall–Kier alpha value is -4.09. The van der Waals surface area contributed by atoms with Crippen LogP contribution in [-0.4, -0.2) is 33.3 Å². The predicted molar refractivity (Wildman–Crippen MR) is 154 cm³/mol. The maximum atomic E-state index is 13.3. The van der Waals surface area contributed by atoms with Crippen molar-refractivity contribution in [1.82, 2.24) is 9.66 Å². The Morgan fingerprint density at radius 2 is 2.00 bits per heavy atom. The highest BCUT2D eigenvalue weighted by Crippen LogP contribution is 2.30. The number of nitrogens with one attached hydrogen (secondary N) is 1. The van der Waals surface area contributed by atoms with Crippen molar-refractivity contribution in [3.8, 4) is 5.75 Å². The minimum absolute atomic E-state index is 0.155. The molecular formula is C27H23BrClN5O5. The Morgan fingerprint density at radius 3 is 2.72 bits per heavy atom. The molecule has 0 aliphatic carbocycles. The molecular weight excluding hydrogens is 590 g/mol. The molecule has 0 radical (unpaired) electrons. The van der Waals surface area contributed by atoms with Crippen LogP contribution in [0.25, 0.3) is 10.9 Å². The lowest BCUT2D eigenvalue weighted by molar-refractivity contribution is -0.385. The van der Waals surface area contributed by atoms with Crippen molar-refractivity contribution in [3.63, 3.8) is 0 Å². The number of amides is 1. The molecule has 0 atom stereocenters. The van der Waals surface area contributed by atoms with E-state index in [0.29, 0.717) is 33.9 Å². The van der Waals surface area contributed by atoms with Crippen molar-refractivity contribution in [2.24, 2.45) is 5.10 Å². The number of nitro groups is 1. The molecule has 1 N–H and O–H groups in total. The highest BCUT2D eigenvalue weighted by atomic mass is 79.9. The van der Waals surface area contributed by atoms with E-state index in [-0.39, 0.29) is 22.6 Å². The van der Waals surface area contributed by atoms with Crippen molar-refractivity contribution >= 4 is 61.9 Å². The van der Waals surface area contributed by atoms with Gasteiger partial charge in [0.15, 0.2) is 6.61 Å². The number of rotatable bonds is 10. The zero-order chi connectivity index (χ0) is 27.9. The molecule has 0 spiro atoms. The molecule has 0 saturated heterocycles. The molecule has 1 aromatic heterocycles. The second-order valence-electron chi connectivity index (χ2n) is 8.45. The largest absolute Gasteiger partial charge is 0.476 e. The van der Waals surface area contributed by atoms with Gasteiger partial charge in [0.1, 0.15) is 5.82 Å². The normalized spacial score (nSPS) is 11.2. The number of fused-ring (bicyclic) bond motifs is 1. The van der Waals surface area contributed by atoms with Crippen molar-refractivity contribution < 1.29 is 14.5 Å². The van der Waals surface area contributed by atoms with Crippen molar-refractivity contribution in [2.45, 2.75) is 26.2 Å². The Kier molecular flexibility index (Phi) is 9.05. The van der Waals surface area contributed by atoms with Crippen LogP contribution in [0.3, 0.4) is 0 Å². The topological polar surface area (TPSA) is 129 Å². The van der Waals surface area contributed by atoms with Gasteiger partial charge >= 0.3 is 5.69 Å². The summed E-state index contributed by atoms with van der Waals surface area (Å²) in [4.78, 5) is 41.5. The van der Waals surface area contributed by atoms with Crippen molar-refractivity contribution in [2.75, 3.05) is 11.9 Å². The Morgan fingerprint density at radius 1 is 1.23 bits per heavy atom. The number of unbranched alkanes of at least 4 members (excludes halogenated alkanes) is 1. The van der Waals surface area contributed by atoms with Crippen LogP contribution in [0.1, 0.15) is 31.2 Å². The van der Waals surface area contributed by atoms with E-state index in [9.17, 15) is 19.7 Å². The SMILES string of the molecule is CCCCc1nc2ccc(Br)cc2c(=O)n1N=Cc1cccc([N+](=O)[O-])c1OCC(=O)Nc1ccc(Cl)cc1. The van der Waals surface area contributed by atoms with Gasteiger partial charge in [-0.2, -0.15) is 9.78 Å². The smallest absolute Gasteiger partial charge is 0.311 e. The van der Waals surface area contributed by atoms with Crippen LogP contribution >= 0.6 is 27.5 Å². The third-order valence-corrected chi connectivity index (χ3v) is 6.38. The van der Waals surface area contributed by atoms with E-state index >= 15 is 0 Å². The molecule has 1 amide bonds. The Labute approximate surface area is 236 Å². The lowest BCUT2D eigenvalue weighted by Gasteiger charge is -2.11. The first-order valence-corrected chi connectivity index (χ1v) is 13.1. The molecule has 4 aromatic rings. The van der Waals surface area contributed by atoms with E-state index < -0.39 is 17.4 Å². The first-order valence-electron chi connectivity index (χ1n) is 12.0. The van der Waals surface area contributed by atoms with Crippen LogP contribution in [-0.2, 0) is 11.2 Å². The van der Waals surface area contributed by atoms with Crippen molar-refractivity contribution in [3.05, 3.63) is 102 Å². The number of nitrogens with zero attached hydrogens (tertiary/aromatic N) is 4. The maximum absolute atomic E-state index is 13.3. The molecule has 0 unspecified atom stereocenters. The van der Waals surface area contributed by atoms with E-state index in [0.717, 1.165) is 17.3 Å². The van der Waals surface area contributed by atoms with E-state index in [4.69, 9.17) is 16.3 Å². The zero-order valence-corrected chi connectivity index (χ0v) is 23.1. The number of ether oxygens (including phenoxy) is 1. The average molecular weight is 613 g/mol. The first-order chi connectivity index (χ1) is 18.8. The molecule has 0 aliphatic heterocycles. The van der Waals surface area contributed by atoms with E-state index in [2.05, 4.69) is 31.3 Å². The number of halogens is 2. The summed E-state index contributed by atoms with van der Waals surface area (Å²) in [7, 11) is 0. The molecule has 12 heteroatoms. The molecule has 10 nitrogen and oxygen atoms in total. The summed E-state index contributed by atoms with van der Waals surface area (Å²) in [6, 6.07) is 16.0.